The van der Waals surface area contributed by atoms with E-state index in [-0.39, 0.29) is 0 Å². The van der Waals surface area contributed by atoms with E-state index in [2.05, 4.69) is 31.7 Å². The zero-order valence-corrected chi connectivity index (χ0v) is 14.5. The van der Waals surface area contributed by atoms with Crippen LogP contribution in [0, 0.1) is 11.3 Å². The lowest BCUT2D eigenvalue weighted by Crippen LogP contribution is -2.23. The van der Waals surface area contributed by atoms with Crippen LogP contribution < -0.4 is 15.4 Å². The van der Waals surface area contributed by atoms with Gasteiger partial charge in [-0.2, -0.15) is 5.26 Å². The summed E-state index contributed by atoms with van der Waals surface area (Å²) in [6.45, 7) is 4.36. The highest BCUT2D eigenvalue weighted by Crippen LogP contribution is 2.31. The predicted octanol–water partition coefficient (Wildman–Crippen LogP) is 2.67. The lowest BCUT2D eigenvalue weighted by Gasteiger charge is -2.15. The Bertz CT molecular complexity index is 968. The van der Waals surface area contributed by atoms with E-state index in [1.165, 1.54) is 0 Å². The van der Waals surface area contributed by atoms with E-state index >= 15 is 0 Å². The number of nitriles is 1. The SMILES string of the molecule is CCOc1nc(-c2c[nH]c3c(C#N)cccc23)cnc1NC1CCNC1. The van der Waals surface area contributed by atoms with Crippen LogP contribution in [0.5, 0.6) is 5.88 Å². The summed E-state index contributed by atoms with van der Waals surface area (Å²) in [5, 5.41) is 17.0. The number of hydrogen-bond donors (Lipinski definition) is 3. The lowest BCUT2D eigenvalue weighted by molar-refractivity contribution is 0.327. The first-order valence-electron chi connectivity index (χ1n) is 8.77. The molecule has 7 nitrogen and oxygen atoms in total. The lowest BCUT2D eigenvalue weighted by atomic mass is 10.1. The minimum absolute atomic E-state index is 0.334. The Labute approximate surface area is 151 Å². The van der Waals surface area contributed by atoms with Crippen molar-refractivity contribution in [3.8, 4) is 23.2 Å². The fourth-order valence-corrected chi connectivity index (χ4v) is 3.27. The molecule has 1 fully saturated rings. The standard InChI is InChI=1S/C19H20N6O/c1-2-26-19-18(24-13-6-7-21-9-13)23-11-16(25-19)15-10-22-17-12(8-20)4-3-5-14(15)17/h3-5,10-11,13,21-22H,2,6-7,9H2,1H3,(H,23,24). The molecule has 0 bridgehead atoms. The first kappa shape index (κ1) is 16.4. The largest absolute Gasteiger partial charge is 0.475 e. The molecule has 3 aromatic rings. The van der Waals surface area contributed by atoms with Crippen LogP contribution in [-0.2, 0) is 0 Å². The van der Waals surface area contributed by atoms with Gasteiger partial charge in [0.05, 0.1) is 29.6 Å². The molecule has 4 rings (SSSR count). The van der Waals surface area contributed by atoms with Gasteiger partial charge in [-0.25, -0.2) is 9.97 Å². The maximum Gasteiger partial charge on any atom is 0.258 e. The van der Waals surface area contributed by atoms with Gasteiger partial charge in [0.15, 0.2) is 5.82 Å². The minimum Gasteiger partial charge on any atom is -0.475 e. The monoisotopic (exact) mass is 348 g/mol. The number of hydrogen-bond acceptors (Lipinski definition) is 6. The third kappa shape index (κ3) is 2.95. The highest BCUT2D eigenvalue weighted by atomic mass is 16.5. The van der Waals surface area contributed by atoms with Crippen LogP contribution in [0.25, 0.3) is 22.2 Å². The molecule has 0 amide bonds. The van der Waals surface area contributed by atoms with E-state index in [4.69, 9.17) is 4.74 Å². The van der Waals surface area contributed by atoms with E-state index in [0.717, 1.165) is 36.0 Å². The molecule has 132 valence electrons. The van der Waals surface area contributed by atoms with Crippen LogP contribution in [0.1, 0.15) is 18.9 Å². The van der Waals surface area contributed by atoms with Crippen molar-refractivity contribution in [2.75, 3.05) is 25.0 Å². The number of nitrogens with one attached hydrogen (secondary N) is 3. The number of fused-ring (bicyclic) bond motifs is 1. The van der Waals surface area contributed by atoms with Gasteiger partial charge in [-0.3, -0.25) is 0 Å². The number of nitrogens with zero attached hydrogens (tertiary/aromatic N) is 3. The summed E-state index contributed by atoms with van der Waals surface area (Å²) in [6.07, 6.45) is 4.66. The van der Waals surface area contributed by atoms with Crippen LogP contribution >= 0.6 is 0 Å². The van der Waals surface area contributed by atoms with Gasteiger partial charge in [-0.15, -0.1) is 0 Å². The molecule has 0 spiro atoms. The molecule has 1 aliphatic rings. The Morgan fingerprint density at radius 2 is 2.35 bits per heavy atom. The van der Waals surface area contributed by atoms with E-state index in [0.29, 0.717) is 35.6 Å². The van der Waals surface area contributed by atoms with Crippen LogP contribution in [0.3, 0.4) is 0 Å². The van der Waals surface area contributed by atoms with Gasteiger partial charge in [0.25, 0.3) is 5.88 Å². The van der Waals surface area contributed by atoms with Crippen LogP contribution in [0.15, 0.2) is 30.6 Å². The Hall–Kier alpha value is -3.11. The molecule has 2 aromatic heterocycles. The Balaban J connectivity index is 1.73. The number of benzene rings is 1. The van der Waals surface area contributed by atoms with Gasteiger partial charge in [-0.1, -0.05) is 12.1 Å². The van der Waals surface area contributed by atoms with Gasteiger partial charge in [0.1, 0.15) is 6.07 Å². The summed E-state index contributed by atoms with van der Waals surface area (Å²) in [5.74, 6) is 1.17. The molecule has 1 atom stereocenters. The fraction of sp³-hybridized carbons (Fsp3) is 0.316. The summed E-state index contributed by atoms with van der Waals surface area (Å²) in [4.78, 5) is 12.4. The fourth-order valence-electron chi connectivity index (χ4n) is 3.27. The van der Waals surface area contributed by atoms with Crippen molar-refractivity contribution in [1.82, 2.24) is 20.3 Å². The van der Waals surface area contributed by atoms with E-state index < -0.39 is 0 Å². The molecule has 7 heteroatoms. The number of aromatic nitrogens is 3. The molecule has 0 radical (unpaired) electrons. The second kappa shape index (κ2) is 7.02. The maximum absolute atomic E-state index is 9.27. The second-order valence-corrected chi connectivity index (χ2v) is 6.22. The molecule has 3 N–H and O–H groups in total. The molecule has 1 aromatic carbocycles. The van der Waals surface area contributed by atoms with Gasteiger partial charge in [-0.05, 0) is 26.0 Å². The third-order valence-electron chi connectivity index (χ3n) is 4.53. The van der Waals surface area contributed by atoms with Crippen molar-refractivity contribution in [2.24, 2.45) is 0 Å². The number of ether oxygens (including phenoxy) is 1. The minimum atomic E-state index is 0.334. The zero-order chi connectivity index (χ0) is 17.9. The normalized spacial score (nSPS) is 16.5. The number of rotatable bonds is 5. The summed E-state index contributed by atoms with van der Waals surface area (Å²) in [5.41, 5.74) is 3.03. The average molecular weight is 348 g/mol. The number of aromatic amines is 1. The molecule has 0 aliphatic carbocycles. The molecule has 1 aliphatic heterocycles. The first-order valence-corrected chi connectivity index (χ1v) is 8.77. The molecule has 3 heterocycles. The number of anilines is 1. The average Bonchev–Trinajstić information content (AvgIpc) is 3.32. The van der Waals surface area contributed by atoms with Crippen molar-refractivity contribution in [3.05, 3.63) is 36.2 Å². The van der Waals surface area contributed by atoms with Gasteiger partial charge < -0.3 is 20.4 Å². The van der Waals surface area contributed by atoms with Crippen molar-refractivity contribution in [3.63, 3.8) is 0 Å². The highest BCUT2D eigenvalue weighted by molar-refractivity contribution is 5.97. The number of para-hydroxylation sites is 1. The molecule has 1 unspecified atom stereocenters. The Morgan fingerprint density at radius 1 is 1.42 bits per heavy atom. The Kier molecular flexibility index (Phi) is 4.42. The smallest absolute Gasteiger partial charge is 0.258 e. The van der Waals surface area contributed by atoms with Gasteiger partial charge in [0.2, 0.25) is 0 Å². The van der Waals surface area contributed by atoms with Crippen LogP contribution in [0.2, 0.25) is 0 Å². The van der Waals surface area contributed by atoms with E-state index in [1.54, 1.807) is 12.3 Å². The van der Waals surface area contributed by atoms with Crippen molar-refractivity contribution in [1.29, 1.82) is 5.26 Å². The van der Waals surface area contributed by atoms with E-state index in [1.807, 2.05) is 25.3 Å². The summed E-state index contributed by atoms with van der Waals surface area (Å²) >= 11 is 0. The third-order valence-corrected chi connectivity index (χ3v) is 4.53. The maximum atomic E-state index is 9.27. The zero-order valence-electron chi connectivity index (χ0n) is 14.5. The molecular formula is C19H20N6O. The van der Waals surface area contributed by atoms with Gasteiger partial charge >= 0.3 is 0 Å². The molecular weight excluding hydrogens is 328 g/mol. The van der Waals surface area contributed by atoms with Crippen LogP contribution in [0.4, 0.5) is 5.82 Å². The second-order valence-electron chi connectivity index (χ2n) is 6.22. The van der Waals surface area contributed by atoms with Crippen molar-refractivity contribution in [2.45, 2.75) is 19.4 Å². The summed E-state index contributed by atoms with van der Waals surface area (Å²) in [7, 11) is 0. The highest BCUT2D eigenvalue weighted by Gasteiger charge is 2.19. The first-order chi connectivity index (χ1) is 12.8. The molecule has 1 saturated heterocycles. The summed E-state index contributed by atoms with van der Waals surface area (Å²) in [6, 6.07) is 8.18. The quantitative estimate of drug-likeness (QED) is 0.656. The number of H-pyrrole nitrogens is 1. The molecule has 0 saturated carbocycles. The Morgan fingerprint density at radius 3 is 3.12 bits per heavy atom. The predicted molar refractivity (Wildman–Crippen MR) is 100 cm³/mol. The van der Waals surface area contributed by atoms with Crippen molar-refractivity contribution >= 4 is 16.7 Å². The van der Waals surface area contributed by atoms with Gasteiger partial charge in [0, 0.05) is 29.7 Å². The molecule has 26 heavy (non-hydrogen) atoms. The van der Waals surface area contributed by atoms with E-state index in [9.17, 15) is 5.26 Å². The topological polar surface area (TPSA) is 98.7 Å². The van der Waals surface area contributed by atoms with Crippen LogP contribution in [-0.4, -0.2) is 40.7 Å². The van der Waals surface area contributed by atoms with Crippen molar-refractivity contribution < 1.29 is 4.74 Å². The summed E-state index contributed by atoms with van der Waals surface area (Å²) < 4.78 is 5.72.